The van der Waals surface area contributed by atoms with Gasteiger partial charge in [0.2, 0.25) is 11.8 Å². The van der Waals surface area contributed by atoms with Crippen LogP contribution in [0.15, 0.2) is 18.3 Å². The van der Waals surface area contributed by atoms with Crippen LogP contribution < -0.4 is 0 Å². The SMILES string of the molecule is Cc1ccc(CN(C)C(=O)CN2CCCCCCC2=O)nc1. The number of carbonyl (C=O) groups is 2. The largest absolute Gasteiger partial charge is 0.338 e. The number of aromatic nitrogens is 1. The molecule has 22 heavy (non-hydrogen) atoms. The molecule has 5 nitrogen and oxygen atoms in total. The van der Waals surface area contributed by atoms with Gasteiger partial charge in [0.1, 0.15) is 0 Å². The summed E-state index contributed by atoms with van der Waals surface area (Å²) in [6.07, 6.45) is 6.55. The Labute approximate surface area is 132 Å². The summed E-state index contributed by atoms with van der Waals surface area (Å²) in [5.74, 6) is 0.0752. The number of likely N-dealkylation sites (N-methyl/N-ethyl adjacent to an activating group) is 1. The molecule has 5 heteroatoms. The summed E-state index contributed by atoms with van der Waals surface area (Å²) in [5.41, 5.74) is 1.96. The predicted octanol–water partition coefficient (Wildman–Crippen LogP) is 2.14. The minimum Gasteiger partial charge on any atom is -0.338 e. The number of hydrogen-bond acceptors (Lipinski definition) is 3. The summed E-state index contributed by atoms with van der Waals surface area (Å²) in [6.45, 7) is 3.34. The number of likely N-dealkylation sites (tertiary alicyclic amines) is 1. The lowest BCUT2D eigenvalue weighted by atomic mass is 10.1. The summed E-state index contributed by atoms with van der Waals surface area (Å²) >= 11 is 0. The van der Waals surface area contributed by atoms with Crippen molar-refractivity contribution in [2.75, 3.05) is 20.1 Å². The van der Waals surface area contributed by atoms with Crippen molar-refractivity contribution in [3.05, 3.63) is 29.6 Å². The van der Waals surface area contributed by atoms with Crippen molar-refractivity contribution in [2.45, 2.75) is 45.6 Å². The Balaban J connectivity index is 1.89. The first kappa shape index (κ1) is 16.5. The molecule has 1 aromatic heterocycles. The van der Waals surface area contributed by atoms with Gasteiger partial charge in [-0.1, -0.05) is 18.9 Å². The van der Waals surface area contributed by atoms with Gasteiger partial charge in [-0.05, 0) is 31.4 Å². The van der Waals surface area contributed by atoms with Crippen LogP contribution in [0.1, 0.15) is 43.4 Å². The first-order valence-electron chi connectivity index (χ1n) is 7.99. The van der Waals surface area contributed by atoms with Crippen LogP contribution >= 0.6 is 0 Å². The molecule has 0 saturated carbocycles. The van der Waals surface area contributed by atoms with Gasteiger partial charge in [-0.15, -0.1) is 0 Å². The Morgan fingerprint density at radius 3 is 2.77 bits per heavy atom. The van der Waals surface area contributed by atoms with E-state index >= 15 is 0 Å². The van der Waals surface area contributed by atoms with Crippen LogP contribution in [0.2, 0.25) is 0 Å². The van der Waals surface area contributed by atoms with Gasteiger partial charge in [-0.25, -0.2) is 0 Å². The van der Waals surface area contributed by atoms with Gasteiger partial charge in [0.05, 0.1) is 18.8 Å². The standard InChI is InChI=1S/C17H25N3O2/c1-14-8-9-15(18-11-14)12-19(2)17(22)13-20-10-6-4-3-5-7-16(20)21/h8-9,11H,3-7,10,12-13H2,1-2H3. The number of pyridine rings is 1. The van der Waals surface area contributed by atoms with E-state index in [2.05, 4.69) is 4.98 Å². The molecule has 0 spiro atoms. The molecule has 1 aliphatic heterocycles. The van der Waals surface area contributed by atoms with Crippen LogP contribution in [0.3, 0.4) is 0 Å². The van der Waals surface area contributed by atoms with Gasteiger partial charge in [-0.2, -0.15) is 0 Å². The third-order valence-corrected chi connectivity index (χ3v) is 4.05. The second kappa shape index (κ2) is 7.92. The molecule has 0 radical (unpaired) electrons. The fourth-order valence-electron chi connectivity index (χ4n) is 2.59. The van der Waals surface area contributed by atoms with E-state index in [1.54, 1.807) is 23.0 Å². The van der Waals surface area contributed by atoms with Crippen LogP contribution in [-0.2, 0) is 16.1 Å². The van der Waals surface area contributed by atoms with E-state index in [9.17, 15) is 9.59 Å². The molecule has 0 aromatic carbocycles. The van der Waals surface area contributed by atoms with E-state index in [0.29, 0.717) is 19.5 Å². The summed E-state index contributed by atoms with van der Waals surface area (Å²) < 4.78 is 0. The molecule has 0 N–H and O–H groups in total. The van der Waals surface area contributed by atoms with E-state index in [1.807, 2.05) is 19.1 Å². The lowest BCUT2D eigenvalue weighted by Crippen LogP contribution is -2.42. The van der Waals surface area contributed by atoms with E-state index in [-0.39, 0.29) is 18.4 Å². The lowest BCUT2D eigenvalue weighted by molar-refractivity contribution is -0.140. The quantitative estimate of drug-likeness (QED) is 0.856. The van der Waals surface area contributed by atoms with Crippen molar-refractivity contribution in [1.29, 1.82) is 0 Å². The van der Waals surface area contributed by atoms with Crippen LogP contribution in [-0.4, -0.2) is 46.7 Å². The molecular weight excluding hydrogens is 278 g/mol. The van der Waals surface area contributed by atoms with E-state index in [1.165, 1.54) is 0 Å². The van der Waals surface area contributed by atoms with Crippen molar-refractivity contribution in [3.8, 4) is 0 Å². The van der Waals surface area contributed by atoms with Crippen molar-refractivity contribution < 1.29 is 9.59 Å². The van der Waals surface area contributed by atoms with E-state index in [4.69, 9.17) is 0 Å². The fraction of sp³-hybridized carbons (Fsp3) is 0.588. The Hall–Kier alpha value is -1.91. The van der Waals surface area contributed by atoms with Gasteiger partial charge in [-0.3, -0.25) is 14.6 Å². The third-order valence-electron chi connectivity index (χ3n) is 4.05. The van der Waals surface area contributed by atoms with Gasteiger partial charge in [0.15, 0.2) is 0 Å². The third kappa shape index (κ3) is 4.83. The maximum absolute atomic E-state index is 12.3. The highest BCUT2D eigenvalue weighted by Gasteiger charge is 2.20. The van der Waals surface area contributed by atoms with Gasteiger partial charge in [0, 0.05) is 26.2 Å². The van der Waals surface area contributed by atoms with Crippen molar-refractivity contribution in [1.82, 2.24) is 14.8 Å². The minimum absolute atomic E-state index is 0.0312. The minimum atomic E-state index is -0.0312. The molecular formula is C17H25N3O2. The number of amides is 2. The topological polar surface area (TPSA) is 53.5 Å². The number of carbonyl (C=O) groups excluding carboxylic acids is 2. The molecule has 2 heterocycles. The van der Waals surface area contributed by atoms with Gasteiger partial charge in [0.25, 0.3) is 0 Å². The summed E-state index contributed by atoms with van der Waals surface area (Å²) in [5, 5.41) is 0. The summed E-state index contributed by atoms with van der Waals surface area (Å²) in [4.78, 5) is 32.1. The fourth-order valence-corrected chi connectivity index (χ4v) is 2.59. The van der Waals surface area contributed by atoms with Gasteiger partial charge < -0.3 is 9.80 Å². The van der Waals surface area contributed by atoms with Crippen molar-refractivity contribution >= 4 is 11.8 Å². The number of hydrogen-bond donors (Lipinski definition) is 0. The highest BCUT2D eigenvalue weighted by Crippen LogP contribution is 2.12. The van der Waals surface area contributed by atoms with Crippen LogP contribution in [0.25, 0.3) is 0 Å². The Morgan fingerprint density at radius 1 is 1.27 bits per heavy atom. The molecule has 2 rings (SSSR count). The average Bonchev–Trinajstić information content (AvgIpc) is 2.49. The number of rotatable bonds is 4. The van der Waals surface area contributed by atoms with Crippen molar-refractivity contribution in [2.24, 2.45) is 0 Å². The zero-order valence-electron chi connectivity index (χ0n) is 13.5. The highest BCUT2D eigenvalue weighted by atomic mass is 16.2. The monoisotopic (exact) mass is 303 g/mol. The molecule has 1 aliphatic rings. The van der Waals surface area contributed by atoms with E-state index in [0.717, 1.165) is 36.9 Å². The normalized spacial score (nSPS) is 16.1. The van der Waals surface area contributed by atoms with Crippen molar-refractivity contribution in [3.63, 3.8) is 0 Å². The molecule has 120 valence electrons. The average molecular weight is 303 g/mol. The molecule has 1 fully saturated rings. The Kier molecular flexibility index (Phi) is 5.92. The molecule has 0 aliphatic carbocycles. The first-order valence-corrected chi connectivity index (χ1v) is 7.99. The first-order chi connectivity index (χ1) is 10.6. The van der Waals surface area contributed by atoms with Crippen LogP contribution in [0.5, 0.6) is 0 Å². The molecule has 1 aromatic rings. The van der Waals surface area contributed by atoms with Crippen LogP contribution in [0, 0.1) is 6.92 Å². The molecule has 1 saturated heterocycles. The number of aryl methyl sites for hydroxylation is 1. The summed E-state index contributed by atoms with van der Waals surface area (Å²) in [6, 6.07) is 3.92. The molecule has 2 amide bonds. The highest BCUT2D eigenvalue weighted by molar-refractivity contribution is 5.84. The van der Waals surface area contributed by atoms with E-state index < -0.39 is 0 Å². The predicted molar refractivity (Wildman–Crippen MR) is 85.1 cm³/mol. The maximum Gasteiger partial charge on any atom is 0.242 e. The smallest absolute Gasteiger partial charge is 0.242 e. The van der Waals surface area contributed by atoms with Gasteiger partial charge >= 0.3 is 0 Å². The zero-order valence-corrected chi connectivity index (χ0v) is 13.5. The van der Waals surface area contributed by atoms with Crippen LogP contribution in [0.4, 0.5) is 0 Å². The zero-order chi connectivity index (χ0) is 15.9. The second-order valence-electron chi connectivity index (χ2n) is 6.06. The number of nitrogens with zero attached hydrogens (tertiary/aromatic N) is 3. The Morgan fingerprint density at radius 2 is 2.05 bits per heavy atom. The second-order valence-corrected chi connectivity index (χ2v) is 6.06. The molecule has 0 unspecified atom stereocenters. The molecule has 0 atom stereocenters. The Bertz CT molecular complexity index is 513. The summed E-state index contributed by atoms with van der Waals surface area (Å²) in [7, 11) is 1.76. The maximum atomic E-state index is 12.3. The molecule has 0 bridgehead atoms. The lowest BCUT2D eigenvalue weighted by Gasteiger charge is -2.26.